The summed E-state index contributed by atoms with van der Waals surface area (Å²) in [4.78, 5) is 15.2. The van der Waals surface area contributed by atoms with Gasteiger partial charge in [-0.2, -0.15) is 0 Å². The molecule has 4 nitrogen and oxygen atoms in total. The normalized spacial score (nSPS) is 11.7. The van der Waals surface area contributed by atoms with Crippen LogP contribution in [0.5, 0.6) is 0 Å². The number of pyridine rings is 1. The van der Waals surface area contributed by atoms with Crippen molar-refractivity contribution in [2.75, 3.05) is 5.32 Å². The van der Waals surface area contributed by atoms with E-state index in [0.29, 0.717) is 5.69 Å². The van der Waals surface area contributed by atoms with Crippen molar-refractivity contribution < 1.29 is 9.18 Å². The number of primary amides is 1. The highest BCUT2D eigenvalue weighted by atomic mass is 19.1. The van der Waals surface area contributed by atoms with Gasteiger partial charge in [-0.3, -0.25) is 9.78 Å². The minimum Gasteiger partial charge on any atom is -0.373 e. The molecule has 0 aliphatic carbocycles. The Hall–Kier alpha value is -3.21. The van der Waals surface area contributed by atoms with Crippen LogP contribution >= 0.6 is 0 Å². The van der Waals surface area contributed by atoms with Crippen LogP contribution in [-0.2, 0) is 11.2 Å². The Morgan fingerprint density at radius 2 is 1.76 bits per heavy atom. The molecule has 0 bridgehead atoms. The van der Waals surface area contributed by atoms with Crippen LogP contribution in [0.4, 0.5) is 10.1 Å². The zero-order valence-corrected chi connectivity index (χ0v) is 13.5. The number of hydrogen-bond donors (Lipinski definition) is 2. The number of hydrogen-bond acceptors (Lipinski definition) is 3. The fourth-order valence-electron chi connectivity index (χ4n) is 2.62. The van der Waals surface area contributed by atoms with E-state index >= 15 is 0 Å². The molecule has 1 aromatic heterocycles. The Bertz CT molecular complexity index is 833. The predicted octanol–water partition coefficient (Wildman–Crippen LogP) is 3.45. The summed E-state index contributed by atoms with van der Waals surface area (Å²) in [6, 6.07) is 20.1. The minimum atomic E-state index is -0.369. The number of nitrogens with one attached hydrogen (secondary N) is 1. The van der Waals surface area contributed by atoms with Gasteiger partial charge >= 0.3 is 0 Å². The van der Waals surface area contributed by atoms with Gasteiger partial charge < -0.3 is 11.1 Å². The molecular formula is C20H18FN3O. The van der Waals surface area contributed by atoms with Crippen molar-refractivity contribution in [2.24, 2.45) is 5.73 Å². The molecule has 126 valence electrons. The molecule has 25 heavy (non-hydrogen) atoms. The third kappa shape index (κ3) is 4.41. The number of rotatable bonds is 6. The summed E-state index contributed by atoms with van der Waals surface area (Å²) in [5.74, 6) is -0.732. The number of anilines is 1. The number of benzene rings is 2. The number of carbonyl (C=O) groups excluding carboxylic acids is 1. The Balaban J connectivity index is 1.87. The van der Waals surface area contributed by atoms with Gasteiger partial charge in [-0.25, -0.2) is 4.39 Å². The molecule has 0 saturated carbocycles. The molecule has 0 spiro atoms. The smallest absolute Gasteiger partial charge is 0.221 e. The topological polar surface area (TPSA) is 68.0 Å². The van der Waals surface area contributed by atoms with Crippen molar-refractivity contribution >= 4 is 11.6 Å². The van der Waals surface area contributed by atoms with E-state index < -0.39 is 0 Å². The quantitative estimate of drug-likeness (QED) is 0.725. The second kappa shape index (κ2) is 7.57. The molecular weight excluding hydrogens is 317 g/mol. The summed E-state index contributed by atoms with van der Waals surface area (Å²) in [5.41, 5.74) is 8.67. The summed E-state index contributed by atoms with van der Waals surface area (Å²) in [6.07, 6.45) is 1.42. The summed E-state index contributed by atoms with van der Waals surface area (Å²) in [7, 11) is 0. The van der Waals surface area contributed by atoms with Gasteiger partial charge in [0.15, 0.2) is 0 Å². The van der Waals surface area contributed by atoms with Crippen LogP contribution in [0.2, 0.25) is 0 Å². The van der Waals surface area contributed by atoms with E-state index in [0.717, 1.165) is 16.8 Å². The Morgan fingerprint density at radius 3 is 2.36 bits per heavy atom. The zero-order valence-electron chi connectivity index (χ0n) is 13.5. The van der Waals surface area contributed by atoms with Gasteiger partial charge in [0.05, 0.1) is 24.4 Å². The van der Waals surface area contributed by atoms with Gasteiger partial charge in [0.1, 0.15) is 5.82 Å². The molecule has 0 radical (unpaired) electrons. The first-order valence-electron chi connectivity index (χ1n) is 7.92. The SMILES string of the molecule is NC(=O)Cc1ccc(NC(c2ccccc2)c2ccc(F)cn2)cc1. The number of carbonyl (C=O) groups is 1. The van der Waals surface area contributed by atoms with Crippen molar-refractivity contribution in [1.29, 1.82) is 0 Å². The lowest BCUT2D eigenvalue weighted by Crippen LogP contribution is -2.15. The van der Waals surface area contributed by atoms with Gasteiger partial charge in [0.25, 0.3) is 0 Å². The highest BCUT2D eigenvalue weighted by Crippen LogP contribution is 2.25. The van der Waals surface area contributed by atoms with E-state index in [1.807, 2.05) is 54.6 Å². The molecule has 1 amide bonds. The Kier molecular flexibility index (Phi) is 5.04. The van der Waals surface area contributed by atoms with Crippen LogP contribution in [0.1, 0.15) is 22.9 Å². The standard InChI is InChI=1S/C20H18FN3O/c21-16-8-11-18(23-13-16)20(15-4-2-1-3-5-15)24-17-9-6-14(7-10-17)12-19(22)25/h1-11,13,20,24H,12H2,(H2,22,25). The van der Waals surface area contributed by atoms with Crippen molar-refractivity contribution in [3.63, 3.8) is 0 Å². The lowest BCUT2D eigenvalue weighted by atomic mass is 10.0. The first kappa shape index (κ1) is 16.6. The Labute approximate surface area is 145 Å². The number of halogens is 1. The first-order valence-corrected chi connectivity index (χ1v) is 7.92. The summed E-state index contributed by atoms with van der Waals surface area (Å²) >= 11 is 0. The van der Waals surface area contributed by atoms with Crippen molar-refractivity contribution in [3.05, 3.63) is 95.6 Å². The lowest BCUT2D eigenvalue weighted by molar-refractivity contribution is -0.117. The fourth-order valence-corrected chi connectivity index (χ4v) is 2.62. The molecule has 1 unspecified atom stereocenters. The largest absolute Gasteiger partial charge is 0.373 e. The summed E-state index contributed by atoms with van der Waals surface area (Å²) in [6.45, 7) is 0. The Morgan fingerprint density at radius 1 is 1.04 bits per heavy atom. The highest BCUT2D eigenvalue weighted by molar-refractivity contribution is 5.76. The van der Waals surface area contributed by atoms with E-state index in [1.165, 1.54) is 12.3 Å². The third-order valence-corrected chi connectivity index (χ3v) is 3.82. The van der Waals surface area contributed by atoms with Crippen LogP contribution in [0.3, 0.4) is 0 Å². The van der Waals surface area contributed by atoms with Crippen molar-refractivity contribution in [2.45, 2.75) is 12.5 Å². The molecule has 3 aromatic rings. The molecule has 5 heteroatoms. The summed E-state index contributed by atoms with van der Waals surface area (Å²) < 4.78 is 13.2. The van der Waals surface area contributed by atoms with E-state index in [9.17, 15) is 9.18 Å². The van der Waals surface area contributed by atoms with E-state index in [4.69, 9.17) is 5.73 Å². The lowest BCUT2D eigenvalue weighted by Gasteiger charge is -2.20. The number of aromatic nitrogens is 1. The average molecular weight is 335 g/mol. The minimum absolute atomic E-state index is 0.210. The van der Waals surface area contributed by atoms with E-state index in [1.54, 1.807) is 6.07 Å². The number of amides is 1. The predicted molar refractivity (Wildman–Crippen MR) is 95.4 cm³/mol. The first-order chi connectivity index (χ1) is 12.1. The molecule has 0 saturated heterocycles. The molecule has 0 aliphatic heterocycles. The van der Waals surface area contributed by atoms with Gasteiger partial charge in [0, 0.05) is 5.69 Å². The maximum atomic E-state index is 13.2. The maximum absolute atomic E-state index is 13.2. The van der Waals surface area contributed by atoms with E-state index in [-0.39, 0.29) is 24.2 Å². The third-order valence-electron chi connectivity index (χ3n) is 3.82. The van der Waals surface area contributed by atoms with Crippen molar-refractivity contribution in [3.8, 4) is 0 Å². The van der Waals surface area contributed by atoms with Gasteiger partial charge in [-0.15, -0.1) is 0 Å². The second-order valence-electron chi connectivity index (χ2n) is 5.73. The van der Waals surface area contributed by atoms with Crippen LogP contribution in [0, 0.1) is 5.82 Å². The molecule has 0 aliphatic rings. The van der Waals surface area contributed by atoms with Crippen molar-refractivity contribution in [1.82, 2.24) is 4.98 Å². The highest BCUT2D eigenvalue weighted by Gasteiger charge is 2.15. The molecule has 3 rings (SSSR count). The molecule has 2 aromatic carbocycles. The van der Waals surface area contributed by atoms with Gasteiger partial charge in [-0.05, 0) is 35.4 Å². The maximum Gasteiger partial charge on any atom is 0.221 e. The second-order valence-corrected chi connectivity index (χ2v) is 5.73. The van der Waals surface area contributed by atoms with Crippen LogP contribution in [-0.4, -0.2) is 10.9 Å². The zero-order chi connectivity index (χ0) is 17.6. The molecule has 1 heterocycles. The van der Waals surface area contributed by atoms with Crippen LogP contribution in [0.25, 0.3) is 0 Å². The number of nitrogens with two attached hydrogens (primary N) is 1. The summed E-state index contributed by atoms with van der Waals surface area (Å²) in [5, 5.41) is 3.41. The average Bonchev–Trinajstić information content (AvgIpc) is 2.62. The van der Waals surface area contributed by atoms with Crippen LogP contribution in [0.15, 0.2) is 72.9 Å². The molecule has 3 N–H and O–H groups in total. The van der Waals surface area contributed by atoms with E-state index in [2.05, 4.69) is 10.3 Å². The van der Waals surface area contributed by atoms with Gasteiger partial charge in [-0.1, -0.05) is 42.5 Å². The van der Waals surface area contributed by atoms with Crippen LogP contribution < -0.4 is 11.1 Å². The monoisotopic (exact) mass is 335 g/mol. The van der Waals surface area contributed by atoms with Gasteiger partial charge in [0.2, 0.25) is 5.91 Å². The fraction of sp³-hybridized carbons (Fsp3) is 0.100. The number of nitrogens with zero attached hydrogens (tertiary/aromatic N) is 1. The molecule has 0 fully saturated rings. The molecule has 1 atom stereocenters.